The zero-order valence-electron chi connectivity index (χ0n) is 17.2. The summed E-state index contributed by atoms with van der Waals surface area (Å²) in [7, 11) is 1.55. The molecule has 0 aliphatic heterocycles. The average Bonchev–Trinajstić information content (AvgIpc) is 3.15. The van der Waals surface area contributed by atoms with Crippen LogP contribution >= 0.6 is 23.2 Å². The number of carbonyl (C=O) groups is 1. The van der Waals surface area contributed by atoms with Crippen molar-refractivity contribution >= 4 is 51.3 Å². The molecule has 0 spiro atoms. The maximum absolute atomic E-state index is 13.4. The van der Waals surface area contributed by atoms with Gasteiger partial charge in [0.25, 0.3) is 0 Å². The Balaban J connectivity index is 1.74. The van der Waals surface area contributed by atoms with E-state index in [-0.39, 0.29) is 5.91 Å². The van der Waals surface area contributed by atoms with E-state index in [0.29, 0.717) is 38.2 Å². The molecule has 0 aliphatic carbocycles. The first-order valence-electron chi connectivity index (χ1n) is 9.65. The second-order valence-corrected chi connectivity index (χ2v) is 7.99. The number of hydrogen-bond donors (Lipinski definition) is 1. The standard InChI is InChI=1S/C25H18Cl2FNO3/c1-14(8-25(30)29-17-5-3-4-16(28)10-17)19-11-20-21(13-32-24(20)12-23(19)31-2)18-7-6-15(26)9-22(18)27/h3-13H,1-2H3,(H,29,30)/b14-8+. The molecule has 4 aromatic rings. The third kappa shape index (κ3) is 4.49. The minimum Gasteiger partial charge on any atom is -0.496 e. The number of benzene rings is 3. The van der Waals surface area contributed by atoms with E-state index in [9.17, 15) is 9.18 Å². The predicted molar refractivity (Wildman–Crippen MR) is 127 cm³/mol. The first-order chi connectivity index (χ1) is 15.4. The van der Waals surface area contributed by atoms with E-state index >= 15 is 0 Å². The molecule has 4 nitrogen and oxygen atoms in total. The van der Waals surface area contributed by atoms with Crippen LogP contribution in [0.5, 0.6) is 5.75 Å². The molecule has 0 radical (unpaired) electrons. The topological polar surface area (TPSA) is 51.5 Å². The normalized spacial score (nSPS) is 11.6. The molecule has 7 heteroatoms. The zero-order chi connectivity index (χ0) is 22.8. The average molecular weight is 470 g/mol. The van der Waals surface area contributed by atoms with Gasteiger partial charge in [0.2, 0.25) is 5.91 Å². The fourth-order valence-corrected chi connectivity index (χ4v) is 3.98. The van der Waals surface area contributed by atoms with Crippen molar-refractivity contribution in [2.24, 2.45) is 0 Å². The lowest BCUT2D eigenvalue weighted by atomic mass is 9.99. The molecule has 1 amide bonds. The molecule has 0 bridgehead atoms. The van der Waals surface area contributed by atoms with Crippen LogP contribution in [0.1, 0.15) is 12.5 Å². The lowest BCUT2D eigenvalue weighted by Gasteiger charge is -2.11. The monoisotopic (exact) mass is 469 g/mol. The first-order valence-corrected chi connectivity index (χ1v) is 10.4. The van der Waals surface area contributed by atoms with Crippen molar-refractivity contribution in [3.05, 3.63) is 88.4 Å². The number of nitrogens with one attached hydrogen (secondary N) is 1. The Labute approximate surface area is 194 Å². The Morgan fingerprint density at radius 3 is 2.62 bits per heavy atom. The van der Waals surface area contributed by atoms with Gasteiger partial charge in [-0.25, -0.2) is 4.39 Å². The Morgan fingerprint density at radius 2 is 1.91 bits per heavy atom. The molecule has 0 atom stereocenters. The highest BCUT2D eigenvalue weighted by Gasteiger charge is 2.16. The molecule has 1 aromatic heterocycles. The summed E-state index contributed by atoms with van der Waals surface area (Å²) >= 11 is 12.4. The molecule has 0 saturated carbocycles. The van der Waals surface area contributed by atoms with Gasteiger partial charge >= 0.3 is 0 Å². The predicted octanol–water partition coefficient (Wildman–Crippen LogP) is 7.60. The van der Waals surface area contributed by atoms with Gasteiger partial charge in [0.1, 0.15) is 17.1 Å². The van der Waals surface area contributed by atoms with Crippen molar-refractivity contribution in [1.29, 1.82) is 0 Å². The summed E-state index contributed by atoms with van der Waals surface area (Å²) in [4.78, 5) is 12.5. The number of anilines is 1. The quantitative estimate of drug-likeness (QED) is 0.306. The van der Waals surface area contributed by atoms with E-state index in [0.717, 1.165) is 16.5 Å². The van der Waals surface area contributed by atoms with Crippen LogP contribution in [0.4, 0.5) is 10.1 Å². The number of fused-ring (bicyclic) bond motifs is 1. The molecule has 0 aliphatic rings. The van der Waals surface area contributed by atoms with Crippen molar-refractivity contribution < 1.29 is 18.3 Å². The van der Waals surface area contributed by atoms with Crippen LogP contribution < -0.4 is 10.1 Å². The van der Waals surface area contributed by atoms with E-state index < -0.39 is 5.82 Å². The fraction of sp³-hybridized carbons (Fsp3) is 0.0800. The SMILES string of the molecule is COc1cc2occ(-c3ccc(Cl)cc3Cl)c2cc1/C(C)=C/C(=O)Nc1cccc(F)c1. The highest BCUT2D eigenvalue weighted by molar-refractivity contribution is 6.36. The fourth-order valence-electron chi connectivity index (χ4n) is 3.47. The van der Waals surface area contributed by atoms with Crippen LogP contribution in [0.3, 0.4) is 0 Å². The van der Waals surface area contributed by atoms with Crippen molar-refractivity contribution in [2.45, 2.75) is 6.92 Å². The molecular weight excluding hydrogens is 452 g/mol. The van der Waals surface area contributed by atoms with Crippen LogP contribution in [0.25, 0.3) is 27.7 Å². The maximum atomic E-state index is 13.4. The second kappa shape index (κ2) is 9.07. The number of allylic oxidation sites excluding steroid dienone is 1. The van der Waals surface area contributed by atoms with Gasteiger partial charge in [0.05, 0.1) is 18.4 Å². The molecule has 1 heterocycles. The number of halogens is 3. The highest BCUT2D eigenvalue weighted by atomic mass is 35.5. The molecule has 0 saturated heterocycles. The molecule has 32 heavy (non-hydrogen) atoms. The number of hydrogen-bond acceptors (Lipinski definition) is 3. The van der Waals surface area contributed by atoms with E-state index in [2.05, 4.69) is 5.32 Å². The summed E-state index contributed by atoms with van der Waals surface area (Å²) < 4.78 is 24.6. The van der Waals surface area contributed by atoms with E-state index in [1.807, 2.05) is 12.1 Å². The molecule has 3 aromatic carbocycles. The molecule has 0 fully saturated rings. The summed E-state index contributed by atoms with van der Waals surface area (Å²) in [6.07, 6.45) is 3.06. The van der Waals surface area contributed by atoms with Crippen LogP contribution in [0.15, 0.2) is 71.4 Å². The number of methoxy groups -OCH3 is 1. The summed E-state index contributed by atoms with van der Waals surface area (Å²) in [5, 5.41) is 4.51. The smallest absolute Gasteiger partial charge is 0.248 e. The minimum absolute atomic E-state index is 0.371. The highest BCUT2D eigenvalue weighted by Crippen LogP contribution is 2.40. The Hall–Kier alpha value is -3.28. The maximum Gasteiger partial charge on any atom is 0.248 e. The second-order valence-electron chi connectivity index (χ2n) is 7.15. The van der Waals surface area contributed by atoms with Crippen molar-refractivity contribution in [2.75, 3.05) is 12.4 Å². The van der Waals surface area contributed by atoms with Crippen molar-refractivity contribution in [3.8, 4) is 16.9 Å². The molecule has 162 valence electrons. The number of furan rings is 1. The van der Waals surface area contributed by atoms with Gasteiger partial charge in [-0.2, -0.15) is 0 Å². The van der Waals surface area contributed by atoms with E-state index in [4.69, 9.17) is 32.4 Å². The Kier molecular flexibility index (Phi) is 6.21. The van der Waals surface area contributed by atoms with Gasteiger partial charge in [-0.05, 0) is 48.9 Å². The van der Waals surface area contributed by atoms with E-state index in [1.165, 1.54) is 24.3 Å². The van der Waals surface area contributed by atoms with Gasteiger partial charge in [-0.1, -0.05) is 35.3 Å². The summed E-state index contributed by atoms with van der Waals surface area (Å²) in [5.74, 6) is -0.264. The van der Waals surface area contributed by atoms with Gasteiger partial charge < -0.3 is 14.5 Å². The zero-order valence-corrected chi connectivity index (χ0v) is 18.7. The number of rotatable bonds is 5. The van der Waals surface area contributed by atoms with Crippen molar-refractivity contribution in [3.63, 3.8) is 0 Å². The van der Waals surface area contributed by atoms with E-state index in [1.54, 1.807) is 44.6 Å². The minimum atomic E-state index is -0.427. The number of ether oxygens (including phenoxy) is 1. The molecule has 4 rings (SSSR count). The van der Waals surface area contributed by atoms with Crippen LogP contribution in [0.2, 0.25) is 10.0 Å². The van der Waals surface area contributed by atoms with Crippen LogP contribution in [-0.2, 0) is 4.79 Å². The Bertz CT molecular complexity index is 1360. The number of amides is 1. The Morgan fingerprint density at radius 1 is 1.09 bits per heavy atom. The van der Waals surface area contributed by atoms with Crippen LogP contribution in [0, 0.1) is 5.82 Å². The molecule has 0 unspecified atom stereocenters. The van der Waals surface area contributed by atoms with Gasteiger partial charge in [-0.3, -0.25) is 4.79 Å². The lowest BCUT2D eigenvalue weighted by molar-refractivity contribution is -0.111. The molecule has 1 N–H and O–H groups in total. The number of carbonyl (C=O) groups excluding carboxylic acids is 1. The van der Waals surface area contributed by atoms with Gasteiger partial charge in [-0.15, -0.1) is 0 Å². The summed E-state index contributed by atoms with van der Waals surface area (Å²) in [6.45, 7) is 1.80. The van der Waals surface area contributed by atoms with Crippen LogP contribution in [-0.4, -0.2) is 13.0 Å². The summed E-state index contributed by atoms with van der Waals surface area (Å²) in [5.41, 5.74) is 3.92. The van der Waals surface area contributed by atoms with Gasteiger partial charge in [0, 0.05) is 44.9 Å². The third-order valence-corrected chi connectivity index (χ3v) is 5.53. The van der Waals surface area contributed by atoms with Crippen molar-refractivity contribution in [1.82, 2.24) is 0 Å². The largest absolute Gasteiger partial charge is 0.496 e. The molecular formula is C25H18Cl2FNO3. The third-order valence-electron chi connectivity index (χ3n) is 4.98. The lowest BCUT2D eigenvalue weighted by Crippen LogP contribution is -2.08. The summed E-state index contributed by atoms with van der Waals surface area (Å²) in [6, 6.07) is 14.6. The van der Waals surface area contributed by atoms with Gasteiger partial charge in [0.15, 0.2) is 0 Å². The first kappa shape index (κ1) is 21.9.